The quantitative estimate of drug-likeness (QED) is 0.300. The van der Waals surface area contributed by atoms with Crippen LogP contribution < -0.4 is 5.32 Å². The van der Waals surface area contributed by atoms with Crippen molar-refractivity contribution in [3.05, 3.63) is 35.5 Å². The molecule has 0 unspecified atom stereocenters. The van der Waals surface area contributed by atoms with Gasteiger partial charge in [-0.15, -0.1) is 0 Å². The highest BCUT2D eigenvalue weighted by molar-refractivity contribution is 5.90. The fourth-order valence-corrected chi connectivity index (χ4v) is 4.80. The molecule has 0 saturated carbocycles. The van der Waals surface area contributed by atoms with Crippen LogP contribution >= 0.6 is 0 Å². The van der Waals surface area contributed by atoms with Crippen LogP contribution in [0.2, 0.25) is 0 Å². The molecule has 1 saturated heterocycles. The number of carbonyl (C=O) groups excluding carboxylic acids is 1. The third-order valence-corrected chi connectivity index (χ3v) is 6.38. The van der Waals surface area contributed by atoms with Crippen molar-refractivity contribution in [2.45, 2.75) is 71.3 Å². The van der Waals surface area contributed by atoms with E-state index in [4.69, 9.17) is 5.11 Å². The highest BCUT2D eigenvalue weighted by atomic mass is 16.4. The number of carboxylic acids is 1. The Bertz CT molecular complexity index is 755. The van der Waals surface area contributed by atoms with E-state index in [-0.39, 0.29) is 30.2 Å². The Kier molecular flexibility index (Phi) is 7.66. The summed E-state index contributed by atoms with van der Waals surface area (Å²) in [5, 5.41) is 43.3. The lowest BCUT2D eigenvalue weighted by atomic mass is 9.63. The van der Waals surface area contributed by atoms with Gasteiger partial charge in [0, 0.05) is 24.0 Å². The number of carboxylic acid groups (broad SMARTS) is 1. The minimum absolute atomic E-state index is 0.0521. The molecule has 0 aromatic rings. The third-order valence-electron chi connectivity index (χ3n) is 6.38. The summed E-state index contributed by atoms with van der Waals surface area (Å²) in [4.78, 5) is 23.4. The molecule has 168 valence electrons. The molecule has 0 aromatic carbocycles. The molecule has 1 amide bonds. The van der Waals surface area contributed by atoms with Crippen LogP contribution in [0.5, 0.6) is 0 Å². The summed E-state index contributed by atoms with van der Waals surface area (Å²) in [6, 6.07) is -0.106. The van der Waals surface area contributed by atoms with Gasteiger partial charge < -0.3 is 25.7 Å². The largest absolute Gasteiger partial charge is 0.478 e. The molecule has 2 rings (SSSR count). The second-order valence-corrected chi connectivity index (χ2v) is 9.26. The molecule has 1 fully saturated rings. The number of aliphatic hydroxyl groups excluding tert-OH is 2. The van der Waals surface area contributed by atoms with Crippen molar-refractivity contribution in [1.29, 1.82) is 0 Å². The molecule has 0 radical (unpaired) electrons. The summed E-state index contributed by atoms with van der Waals surface area (Å²) >= 11 is 0. The maximum atomic E-state index is 12.9. The number of aliphatic carboxylic acids is 1. The summed E-state index contributed by atoms with van der Waals surface area (Å²) in [7, 11) is 0. The van der Waals surface area contributed by atoms with Crippen molar-refractivity contribution in [2.24, 2.45) is 23.7 Å². The summed E-state index contributed by atoms with van der Waals surface area (Å²) in [5.74, 6) is -1.94. The minimum Gasteiger partial charge on any atom is -0.478 e. The molecule has 0 spiro atoms. The molecule has 1 aliphatic carbocycles. The van der Waals surface area contributed by atoms with E-state index < -0.39 is 29.7 Å². The van der Waals surface area contributed by atoms with E-state index in [1.165, 1.54) is 0 Å². The van der Waals surface area contributed by atoms with Crippen LogP contribution in [0, 0.1) is 23.7 Å². The SMILES string of the molecule is CC1=C[C@H](/C=C(\C)C[C@@H](O)[C@@H](O)/C=C/C(=O)O)[C@]2(O)C(=O)N[C@@H](CC(C)C)[C@@H]2[C@@H]1C. The lowest BCUT2D eigenvalue weighted by molar-refractivity contribution is -0.143. The zero-order chi connectivity index (χ0) is 22.8. The minimum atomic E-state index is -1.56. The van der Waals surface area contributed by atoms with E-state index in [0.29, 0.717) is 11.5 Å². The highest BCUT2D eigenvalue weighted by Crippen LogP contribution is 2.48. The van der Waals surface area contributed by atoms with Gasteiger partial charge in [-0.2, -0.15) is 0 Å². The van der Waals surface area contributed by atoms with E-state index in [9.17, 15) is 24.9 Å². The van der Waals surface area contributed by atoms with E-state index >= 15 is 0 Å². The number of fused-ring (bicyclic) bond motifs is 1. The Hall–Kier alpha value is -1.96. The van der Waals surface area contributed by atoms with Gasteiger partial charge in [-0.25, -0.2) is 4.79 Å². The van der Waals surface area contributed by atoms with Gasteiger partial charge in [0.15, 0.2) is 5.60 Å². The van der Waals surface area contributed by atoms with Crippen molar-refractivity contribution >= 4 is 11.9 Å². The monoisotopic (exact) mass is 421 g/mol. The standard InChI is InChI=1S/C23H35NO6/c1-12(2)8-17-21-15(5)14(4)11-16(23(21,30)22(29)24-17)9-13(3)10-19(26)18(25)6-7-20(27)28/h6-7,9,11-12,15-19,21,25-26,30H,8,10H2,1-5H3,(H,24,29)(H,27,28)/b7-6+,13-9+/t15-,16+,17+,18+,19-,21+,23-/m1/s1. The summed E-state index contributed by atoms with van der Waals surface area (Å²) in [6.07, 6.45) is 3.85. The molecule has 30 heavy (non-hydrogen) atoms. The Morgan fingerprint density at radius 3 is 2.53 bits per heavy atom. The lowest BCUT2D eigenvalue weighted by Crippen LogP contribution is -2.53. The average Bonchev–Trinajstić information content (AvgIpc) is 2.88. The average molecular weight is 422 g/mol. The lowest BCUT2D eigenvalue weighted by Gasteiger charge is -2.42. The van der Waals surface area contributed by atoms with Gasteiger partial charge in [-0.3, -0.25) is 4.79 Å². The molecule has 7 atom stereocenters. The zero-order valence-electron chi connectivity index (χ0n) is 18.4. The molecule has 7 heteroatoms. The molecule has 0 bridgehead atoms. The number of nitrogens with one attached hydrogen (secondary N) is 1. The predicted molar refractivity (Wildman–Crippen MR) is 113 cm³/mol. The van der Waals surface area contributed by atoms with Crippen LogP contribution in [0.25, 0.3) is 0 Å². The second-order valence-electron chi connectivity index (χ2n) is 9.26. The van der Waals surface area contributed by atoms with Gasteiger partial charge in [0.1, 0.15) is 0 Å². The fourth-order valence-electron chi connectivity index (χ4n) is 4.80. The number of rotatable bonds is 8. The Balaban J connectivity index is 2.27. The Morgan fingerprint density at radius 1 is 1.33 bits per heavy atom. The van der Waals surface area contributed by atoms with Crippen LogP contribution in [0.1, 0.15) is 47.5 Å². The number of aliphatic hydroxyl groups is 3. The summed E-state index contributed by atoms with van der Waals surface area (Å²) in [6.45, 7) is 9.98. The van der Waals surface area contributed by atoms with Crippen molar-refractivity contribution in [3.63, 3.8) is 0 Å². The summed E-state index contributed by atoms with van der Waals surface area (Å²) in [5.41, 5.74) is 0.238. The van der Waals surface area contributed by atoms with Gasteiger partial charge in [0.25, 0.3) is 5.91 Å². The van der Waals surface area contributed by atoms with E-state index in [1.807, 2.05) is 19.9 Å². The first-order chi connectivity index (χ1) is 13.9. The van der Waals surface area contributed by atoms with Crippen LogP contribution in [0.15, 0.2) is 35.5 Å². The maximum absolute atomic E-state index is 12.9. The predicted octanol–water partition coefficient (Wildman–Crippen LogP) is 1.79. The van der Waals surface area contributed by atoms with Crippen molar-refractivity contribution in [3.8, 4) is 0 Å². The first kappa shape index (κ1) is 24.3. The molecule has 0 aromatic heterocycles. The molecule has 2 aliphatic rings. The van der Waals surface area contributed by atoms with E-state index in [2.05, 4.69) is 19.2 Å². The van der Waals surface area contributed by atoms with Crippen molar-refractivity contribution in [2.75, 3.05) is 0 Å². The normalized spacial score (nSPS) is 34.0. The van der Waals surface area contributed by atoms with Crippen LogP contribution in [0.4, 0.5) is 0 Å². The first-order valence-corrected chi connectivity index (χ1v) is 10.5. The fraction of sp³-hybridized carbons (Fsp3) is 0.652. The number of amides is 1. The van der Waals surface area contributed by atoms with E-state index in [1.54, 1.807) is 13.0 Å². The van der Waals surface area contributed by atoms with Crippen molar-refractivity contribution in [1.82, 2.24) is 5.32 Å². The van der Waals surface area contributed by atoms with Gasteiger partial charge in [-0.1, -0.05) is 44.1 Å². The van der Waals surface area contributed by atoms with Gasteiger partial charge >= 0.3 is 5.97 Å². The maximum Gasteiger partial charge on any atom is 0.328 e. The number of allylic oxidation sites excluding steroid dienone is 1. The molecule has 7 nitrogen and oxygen atoms in total. The molecule has 5 N–H and O–H groups in total. The number of carbonyl (C=O) groups is 2. The highest BCUT2D eigenvalue weighted by Gasteiger charge is 2.60. The molecule has 1 heterocycles. The first-order valence-electron chi connectivity index (χ1n) is 10.5. The van der Waals surface area contributed by atoms with Crippen LogP contribution in [-0.2, 0) is 9.59 Å². The Morgan fingerprint density at radius 2 is 1.97 bits per heavy atom. The molecular formula is C23H35NO6. The Labute approximate surface area is 178 Å². The molecular weight excluding hydrogens is 386 g/mol. The number of hydrogen-bond acceptors (Lipinski definition) is 5. The van der Waals surface area contributed by atoms with Crippen LogP contribution in [-0.4, -0.2) is 56.2 Å². The van der Waals surface area contributed by atoms with Gasteiger partial charge in [0.2, 0.25) is 0 Å². The topological polar surface area (TPSA) is 127 Å². The zero-order valence-corrected chi connectivity index (χ0v) is 18.4. The van der Waals surface area contributed by atoms with E-state index in [0.717, 1.165) is 24.1 Å². The molecule has 1 aliphatic heterocycles. The second kappa shape index (κ2) is 9.45. The smallest absolute Gasteiger partial charge is 0.328 e. The van der Waals surface area contributed by atoms with Gasteiger partial charge in [-0.05, 0) is 44.6 Å². The summed E-state index contributed by atoms with van der Waals surface area (Å²) < 4.78 is 0. The van der Waals surface area contributed by atoms with Crippen LogP contribution in [0.3, 0.4) is 0 Å². The number of hydrogen-bond donors (Lipinski definition) is 5. The van der Waals surface area contributed by atoms with Crippen molar-refractivity contribution < 1.29 is 30.0 Å². The third kappa shape index (κ3) is 5.02. The van der Waals surface area contributed by atoms with Gasteiger partial charge in [0.05, 0.1) is 12.2 Å².